The molecule has 0 bridgehead atoms. The molecule has 0 spiro atoms. The Labute approximate surface area is 212 Å². The van der Waals surface area contributed by atoms with Crippen LogP contribution in [0, 0.1) is 0 Å². The average Bonchev–Trinajstić information content (AvgIpc) is 3.28. The first-order chi connectivity index (χ1) is 16.3. The van der Waals surface area contributed by atoms with Crippen LogP contribution in [-0.2, 0) is 4.79 Å². The second-order valence-electron chi connectivity index (χ2n) is 8.20. The van der Waals surface area contributed by atoms with E-state index in [4.69, 9.17) is 4.74 Å². The molecule has 4 aromatic rings. The van der Waals surface area contributed by atoms with Crippen molar-refractivity contribution >= 4 is 34.8 Å². The van der Waals surface area contributed by atoms with Crippen LogP contribution in [0.2, 0.25) is 0 Å². The van der Waals surface area contributed by atoms with Crippen LogP contribution in [0.3, 0.4) is 0 Å². The van der Waals surface area contributed by atoms with Crippen molar-refractivity contribution in [2.75, 3.05) is 18.6 Å². The monoisotopic (exact) mass is 531 g/mol. The van der Waals surface area contributed by atoms with Gasteiger partial charge in [0.05, 0.1) is 12.8 Å². The molecule has 1 amide bonds. The molecule has 0 unspecified atom stereocenters. The Morgan fingerprint density at radius 1 is 0.706 bits per heavy atom. The molecule has 1 atom stereocenters. The summed E-state index contributed by atoms with van der Waals surface area (Å²) in [6.45, 7) is 0.679. The third-order valence-electron chi connectivity index (χ3n) is 6.51. The highest BCUT2D eigenvalue weighted by Gasteiger charge is 2.58. The van der Waals surface area contributed by atoms with Gasteiger partial charge in [0.25, 0.3) is 5.91 Å². The maximum absolute atomic E-state index is 14.2. The fourth-order valence-corrected chi connectivity index (χ4v) is 9.97. The van der Waals surface area contributed by atoms with Gasteiger partial charge in [0.15, 0.2) is 5.66 Å². The van der Waals surface area contributed by atoms with Crippen LogP contribution in [-0.4, -0.2) is 25.2 Å². The molecule has 4 aromatic carbocycles. The number of ether oxygens (including phenoxy) is 1. The van der Waals surface area contributed by atoms with Crippen LogP contribution in [0.1, 0.15) is 6.42 Å². The van der Waals surface area contributed by atoms with E-state index in [-0.39, 0.29) is 28.5 Å². The fraction of sp³-hybridized carbons (Fsp3) is 0.138. The number of rotatable bonds is 6. The largest absolute Gasteiger partial charge is 1.00 e. The van der Waals surface area contributed by atoms with Crippen LogP contribution in [0.15, 0.2) is 115 Å². The zero-order valence-electron chi connectivity index (χ0n) is 19.1. The van der Waals surface area contributed by atoms with Crippen molar-refractivity contribution in [3.63, 3.8) is 0 Å². The summed E-state index contributed by atoms with van der Waals surface area (Å²) in [5.74, 6) is 0.902. The summed E-state index contributed by atoms with van der Waals surface area (Å²) in [4.78, 5) is 16.2. The molecule has 1 aliphatic rings. The van der Waals surface area contributed by atoms with Crippen molar-refractivity contribution in [3.8, 4) is 5.75 Å². The third kappa shape index (κ3) is 4.06. The second kappa shape index (κ2) is 10.5. The zero-order chi connectivity index (χ0) is 22.7. The van der Waals surface area contributed by atoms with E-state index in [1.165, 1.54) is 15.9 Å². The molecule has 172 valence electrons. The second-order valence-corrected chi connectivity index (χ2v) is 11.8. The van der Waals surface area contributed by atoms with Gasteiger partial charge >= 0.3 is 0 Å². The maximum atomic E-state index is 14.2. The predicted molar refractivity (Wildman–Crippen MR) is 139 cm³/mol. The normalized spacial score (nSPS) is 15.6. The Bertz CT molecular complexity index is 1140. The van der Waals surface area contributed by atoms with Gasteiger partial charge in [-0.2, -0.15) is 0 Å². The maximum Gasteiger partial charge on any atom is 0.269 e. The molecule has 3 nitrogen and oxygen atoms in total. The zero-order valence-corrected chi connectivity index (χ0v) is 21.5. The van der Waals surface area contributed by atoms with Gasteiger partial charge in [0, 0.05) is 13.0 Å². The molecular formula is C29H27BrNO2P. The summed E-state index contributed by atoms with van der Waals surface area (Å²) in [5, 5.41) is 3.72. The van der Waals surface area contributed by atoms with Gasteiger partial charge in [-0.25, -0.2) is 0 Å². The molecule has 1 saturated heterocycles. The summed E-state index contributed by atoms with van der Waals surface area (Å²) in [5.41, 5.74) is 0.703. The molecular weight excluding hydrogens is 505 g/mol. The van der Waals surface area contributed by atoms with Crippen molar-refractivity contribution in [2.24, 2.45) is 0 Å². The number of anilines is 1. The van der Waals surface area contributed by atoms with Crippen molar-refractivity contribution in [3.05, 3.63) is 115 Å². The van der Waals surface area contributed by atoms with Gasteiger partial charge in [-0.05, 0) is 48.5 Å². The van der Waals surface area contributed by atoms with Crippen LogP contribution in [0.5, 0.6) is 5.75 Å². The van der Waals surface area contributed by atoms with Crippen LogP contribution in [0.25, 0.3) is 0 Å². The highest BCUT2D eigenvalue weighted by atomic mass is 79.9. The summed E-state index contributed by atoms with van der Waals surface area (Å²) in [7, 11) is -0.612. The number of nitrogens with zero attached hydrogens (tertiary/aromatic N) is 1. The number of hydrogen-bond acceptors (Lipinski definition) is 2. The minimum atomic E-state index is -2.27. The van der Waals surface area contributed by atoms with Crippen molar-refractivity contribution < 1.29 is 26.5 Å². The van der Waals surface area contributed by atoms with Crippen LogP contribution < -0.4 is 42.5 Å². The minimum absolute atomic E-state index is 0. The minimum Gasteiger partial charge on any atom is -1.00 e. The molecule has 34 heavy (non-hydrogen) atoms. The quantitative estimate of drug-likeness (QED) is 0.355. The number of amides is 1. The standard InChI is InChI=1S/C29H27NO2P.BrH/c1-32-27-20-12-11-19-26(27)30-22-21-28(29(30)31)33(23-13-5-2-6-14-23,24-15-7-3-8-16-24)25-17-9-4-10-18-25;/h2-20,28H,21-22H2,1H3;1H/q+1;/p-1/t28-;/m1./s1. The molecule has 0 saturated carbocycles. The third-order valence-corrected chi connectivity index (χ3v) is 11.3. The summed E-state index contributed by atoms with van der Waals surface area (Å²) in [6.07, 6.45) is 0.795. The Balaban J connectivity index is 0.00000274. The van der Waals surface area contributed by atoms with E-state index in [1.807, 2.05) is 47.4 Å². The van der Waals surface area contributed by atoms with Crippen LogP contribution in [0.4, 0.5) is 5.69 Å². The van der Waals surface area contributed by atoms with Gasteiger partial charge in [0.1, 0.15) is 28.9 Å². The van der Waals surface area contributed by atoms with Crippen molar-refractivity contribution in [1.82, 2.24) is 0 Å². The number of para-hydroxylation sites is 2. The molecule has 1 fully saturated rings. The van der Waals surface area contributed by atoms with Gasteiger partial charge < -0.3 is 26.6 Å². The number of benzene rings is 4. The van der Waals surface area contributed by atoms with Crippen LogP contribution >= 0.6 is 7.26 Å². The summed E-state index contributed by atoms with van der Waals surface area (Å²) >= 11 is 0. The number of carbonyl (C=O) groups is 1. The Kier molecular flexibility index (Phi) is 7.50. The first kappa shape index (κ1) is 24.2. The van der Waals surface area contributed by atoms with E-state index in [0.29, 0.717) is 6.54 Å². The lowest BCUT2D eigenvalue weighted by Gasteiger charge is -2.32. The molecule has 0 radical (unpaired) electrons. The molecule has 0 aliphatic carbocycles. The fourth-order valence-electron chi connectivity index (χ4n) is 5.09. The highest BCUT2D eigenvalue weighted by Crippen LogP contribution is 2.62. The van der Waals surface area contributed by atoms with E-state index in [9.17, 15) is 4.79 Å². The molecule has 5 heteroatoms. The smallest absolute Gasteiger partial charge is 0.269 e. The highest BCUT2D eigenvalue weighted by molar-refractivity contribution is 7.97. The summed E-state index contributed by atoms with van der Waals surface area (Å²) in [6, 6.07) is 39.7. The van der Waals surface area contributed by atoms with E-state index in [1.54, 1.807) is 7.11 Å². The number of halogens is 1. The lowest BCUT2D eigenvalue weighted by molar-refractivity contribution is -0.116. The van der Waals surface area contributed by atoms with E-state index >= 15 is 0 Å². The molecule has 0 aromatic heterocycles. The van der Waals surface area contributed by atoms with Gasteiger partial charge in [0.2, 0.25) is 0 Å². The lowest BCUT2D eigenvalue weighted by Crippen LogP contribution is -3.00. The van der Waals surface area contributed by atoms with Crippen molar-refractivity contribution in [2.45, 2.75) is 12.1 Å². The van der Waals surface area contributed by atoms with E-state index in [2.05, 4.69) is 72.8 Å². The first-order valence-electron chi connectivity index (χ1n) is 11.3. The SMILES string of the molecule is COc1ccccc1N1CC[C@@H]([P+](c2ccccc2)(c2ccccc2)c2ccccc2)C1=O.[Br-]. The first-order valence-corrected chi connectivity index (χ1v) is 13.1. The van der Waals surface area contributed by atoms with E-state index < -0.39 is 7.26 Å². The number of hydrogen-bond donors (Lipinski definition) is 0. The Morgan fingerprint density at radius 3 is 1.62 bits per heavy atom. The molecule has 5 rings (SSSR count). The van der Waals surface area contributed by atoms with Crippen molar-refractivity contribution in [1.29, 1.82) is 0 Å². The number of carbonyl (C=O) groups excluding carboxylic acids is 1. The average molecular weight is 532 g/mol. The predicted octanol–water partition coefficient (Wildman–Crippen LogP) is 1.80. The van der Waals surface area contributed by atoms with E-state index in [0.717, 1.165) is 17.9 Å². The van der Waals surface area contributed by atoms with Gasteiger partial charge in [-0.15, -0.1) is 0 Å². The summed E-state index contributed by atoms with van der Waals surface area (Å²) < 4.78 is 5.60. The van der Waals surface area contributed by atoms with Gasteiger partial charge in [-0.1, -0.05) is 66.7 Å². The topological polar surface area (TPSA) is 29.5 Å². The lowest BCUT2D eigenvalue weighted by atomic mass is 10.2. The van der Waals surface area contributed by atoms with Gasteiger partial charge in [-0.3, -0.25) is 4.79 Å². The Hall–Kier alpha value is -2.94. The Morgan fingerprint density at radius 2 is 1.15 bits per heavy atom. The molecule has 1 heterocycles. The molecule has 1 aliphatic heterocycles. The number of methoxy groups -OCH3 is 1. The molecule has 0 N–H and O–H groups in total.